The highest BCUT2D eigenvalue weighted by Crippen LogP contribution is 2.29. The van der Waals surface area contributed by atoms with E-state index in [2.05, 4.69) is 15.9 Å². The fraction of sp³-hybridized carbons (Fsp3) is 0.571. The van der Waals surface area contributed by atoms with E-state index in [9.17, 15) is 8.42 Å². The highest BCUT2D eigenvalue weighted by molar-refractivity contribution is 9.10. The molecule has 0 aliphatic rings. The van der Waals surface area contributed by atoms with E-state index in [1.165, 1.54) is 4.31 Å². The summed E-state index contributed by atoms with van der Waals surface area (Å²) in [5.41, 5.74) is 6.96. The smallest absolute Gasteiger partial charge is 0.243 e. The summed E-state index contributed by atoms with van der Waals surface area (Å²) >= 11 is 3.31. The Balaban J connectivity index is 3.41. The molecule has 20 heavy (non-hydrogen) atoms. The van der Waals surface area contributed by atoms with Crippen molar-refractivity contribution in [3.05, 3.63) is 22.2 Å². The molecule has 0 radical (unpaired) electrons. The number of anilines is 1. The number of hydrogen-bond acceptors (Lipinski definition) is 3. The minimum Gasteiger partial charge on any atom is -0.398 e. The second kappa shape index (κ2) is 6.45. The molecular formula is C14H23BrN2O2S. The molecule has 1 rings (SSSR count). The lowest BCUT2D eigenvalue weighted by Crippen LogP contribution is -2.39. The van der Waals surface area contributed by atoms with Gasteiger partial charge in [-0.25, -0.2) is 8.42 Å². The zero-order valence-corrected chi connectivity index (χ0v) is 15.0. The van der Waals surface area contributed by atoms with E-state index >= 15 is 0 Å². The van der Waals surface area contributed by atoms with Crippen LogP contribution in [0.4, 0.5) is 5.69 Å². The van der Waals surface area contributed by atoms with Gasteiger partial charge < -0.3 is 5.73 Å². The van der Waals surface area contributed by atoms with E-state index in [0.717, 1.165) is 0 Å². The first-order chi connectivity index (χ1) is 9.07. The van der Waals surface area contributed by atoms with Crippen molar-refractivity contribution < 1.29 is 8.42 Å². The van der Waals surface area contributed by atoms with Crippen molar-refractivity contribution in [2.24, 2.45) is 5.92 Å². The first-order valence-electron chi connectivity index (χ1n) is 6.64. The van der Waals surface area contributed by atoms with Gasteiger partial charge in [-0.1, -0.05) is 29.8 Å². The van der Waals surface area contributed by atoms with Gasteiger partial charge in [-0.3, -0.25) is 0 Å². The molecule has 0 amide bonds. The largest absolute Gasteiger partial charge is 0.398 e. The molecule has 0 aliphatic heterocycles. The van der Waals surface area contributed by atoms with E-state index in [0.29, 0.717) is 22.3 Å². The van der Waals surface area contributed by atoms with Crippen LogP contribution in [0.2, 0.25) is 0 Å². The third kappa shape index (κ3) is 3.74. The molecule has 0 fully saturated rings. The van der Waals surface area contributed by atoms with Crippen LogP contribution >= 0.6 is 15.9 Å². The lowest BCUT2D eigenvalue weighted by atomic mass is 10.2. The molecule has 1 aromatic rings. The number of nitrogens with two attached hydrogens (primary N) is 1. The summed E-state index contributed by atoms with van der Waals surface area (Å²) in [4.78, 5) is 0.277. The van der Waals surface area contributed by atoms with Crippen LogP contribution < -0.4 is 5.73 Å². The van der Waals surface area contributed by atoms with Crippen molar-refractivity contribution in [2.75, 3.05) is 12.3 Å². The monoisotopic (exact) mass is 362 g/mol. The van der Waals surface area contributed by atoms with Gasteiger partial charge in [0.05, 0.1) is 4.90 Å². The van der Waals surface area contributed by atoms with Gasteiger partial charge in [-0.2, -0.15) is 4.31 Å². The Morgan fingerprint density at radius 2 is 1.80 bits per heavy atom. The Kier molecular flexibility index (Phi) is 5.63. The summed E-state index contributed by atoms with van der Waals surface area (Å²) in [6, 6.07) is 3.25. The van der Waals surface area contributed by atoms with Gasteiger partial charge in [0.1, 0.15) is 0 Å². The average molecular weight is 363 g/mol. The van der Waals surface area contributed by atoms with Crippen molar-refractivity contribution in [1.82, 2.24) is 4.31 Å². The van der Waals surface area contributed by atoms with Crippen LogP contribution in [0.1, 0.15) is 33.3 Å². The molecule has 6 heteroatoms. The van der Waals surface area contributed by atoms with Crippen LogP contribution in [0.3, 0.4) is 0 Å². The lowest BCUT2D eigenvalue weighted by Gasteiger charge is -2.28. The zero-order valence-electron chi connectivity index (χ0n) is 12.6. The Bertz CT molecular complexity index is 583. The van der Waals surface area contributed by atoms with Crippen LogP contribution in [0.15, 0.2) is 21.5 Å². The van der Waals surface area contributed by atoms with Gasteiger partial charge in [0, 0.05) is 22.7 Å². The van der Waals surface area contributed by atoms with Crippen molar-refractivity contribution in [3.63, 3.8) is 0 Å². The zero-order chi connectivity index (χ0) is 15.7. The lowest BCUT2D eigenvalue weighted by molar-refractivity contribution is 0.318. The molecule has 0 aromatic heterocycles. The second-order valence-electron chi connectivity index (χ2n) is 5.68. The molecule has 1 aromatic carbocycles. The minimum absolute atomic E-state index is 0.0954. The van der Waals surface area contributed by atoms with Crippen LogP contribution in [0.5, 0.6) is 0 Å². The number of halogens is 1. The number of benzene rings is 1. The maximum Gasteiger partial charge on any atom is 0.243 e. The van der Waals surface area contributed by atoms with Crippen LogP contribution in [-0.4, -0.2) is 25.3 Å². The van der Waals surface area contributed by atoms with Gasteiger partial charge in [0.2, 0.25) is 10.0 Å². The summed E-state index contributed by atoms with van der Waals surface area (Å²) in [6.07, 6.45) is 0. The fourth-order valence-corrected chi connectivity index (χ4v) is 4.72. The number of nitrogen functional groups attached to an aromatic ring is 1. The standard InChI is InChI=1S/C14H23BrN2O2S/c1-9(2)8-17(10(3)4)20(18,19)14-7-12(15)6-13(16)11(14)5/h6-7,9-10H,8,16H2,1-5H3. The van der Waals surface area contributed by atoms with Crippen LogP contribution in [0.25, 0.3) is 0 Å². The van der Waals surface area contributed by atoms with Gasteiger partial charge in [-0.15, -0.1) is 0 Å². The summed E-state index contributed by atoms with van der Waals surface area (Å²) in [7, 11) is -3.55. The molecule has 0 heterocycles. The molecular weight excluding hydrogens is 340 g/mol. The predicted octanol–water partition coefficient (Wildman–Crippen LogP) is 3.39. The van der Waals surface area contributed by atoms with Crippen LogP contribution in [0, 0.1) is 12.8 Å². The maximum atomic E-state index is 12.9. The molecule has 0 aliphatic carbocycles. The SMILES string of the molecule is Cc1c(N)cc(Br)cc1S(=O)(=O)N(CC(C)C)C(C)C. The minimum atomic E-state index is -3.55. The molecule has 0 bridgehead atoms. The molecule has 2 N–H and O–H groups in total. The fourth-order valence-electron chi connectivity index (χ4n) is 2.01. The Morgan fingerprint density at radius 1 is 1.25 bits per heavy atom. The molecule has 0 saturated carbocycles. The number of hydrogen-bond donors (Lipinski definition) is 1. The maximum absolute atomic E-state index is 12.9. The van der Waals surface area contributed by atoms with Gasteiger partial charge >= 0.3 is 0 Å². The van der Waals surface area contributed by atoms with Crippen LogP contribution in [-0.2, 0) is 10.0 Å². The number of sulfonamides is 1. The molecule has 0 unspecified atom stereocenters. The normalized spacial score (nSPS) is 12.7. The number of rotatable bonds is 5. The van der Waals surface area contributed by atoms with E-state index < -0.39 is 10.0 Å². The second-order valence-corrected chi connectivity index (χ2v) is 8.46. The van der Waals surface area contributed by atoms with Gasteiger partial charge in [0.15, 0.2) is 0 Å². The third-order valence-electron chi connectivity index (χ3n) is 3.07. The summed E-state index contributed by atoms with van der Waals surface area (Å²) in [6.45, 7) is 10.0. The molecule has 4 nitrogen and oxygen atoms in total. The predicted molar refractivity (Wildman–Crippen MR) is 87.2 cm³/mol. The van der Waals surface area contributed by atoms with Gasteiger partial charge in [0.25, 0.3) is 0 Å². The van der Waals surface area contributed by atoms with Crippen molar-refractivity contribution in [1.29, 1.82) is 0 Å². The molecule has 0 spiro atoms. The first-order valence-corrected chi connectivity index (χ1v) is 8.88. The van der Waals surface area contributed by atoms with E-state index in [4.69, 9.17) is 5.73 Å². The van der Waals surface area contributed by atoms with Crippen molar-refractivity contribution in [2.45, 2.75) is 45.6 Å². The summed E-state index contributed by atoms with van der Waals surface area (Å²) < 4.78 is 28.0. The van der Waals surface area contributed by atoms with Crippen molar-refractivity contribution >= 4 is 31.6 Å². The Morgan fingerprint density at radius 3 is 2.25 bits per heavy atom. The van der Waals surface area contributed by atoms with Crippen molar-refractivity contribution in [3.8, 4) is 0 Å². The molecule has 0 saturated heterocycles. The average Bonchev–Trinajstić information content (AvgIpc) is 2.29. The quantitative estimate of drug-likeness (QED) is 0.816. The van der Waals surface area contributed by atoms with E-state index in [1.54, 1.807) is 19.1 Å². The topological polar surface area (TPSA) is 63.4 Å². The Hall–Kier alpha value is -0.590. The summed E-state index contributed by atoms with van der Waals surface area (Å²) in [5.74, 6) is 0.261. The highest BCUT2D eigenvalue weighted by atomic mass is 79.9. The number of nitrogens with zero attached hydrogens (tertiary/aromatic N) is 1. The first kappa shape index (κ1) is 17.5. The highest BCUT2D eigenvalue weighted by Gasteiger charge is 2.29. The summed E-state index contributed by atoms with van der Waals surface area (Å²) in [5, 5.41) is 0. The molecule has 0 atom stereocenters. The van der Waals surface area contributed by atoms with Gasteiger partial charge in [-0.05, 0) is 44.4 Å². The van der Waals surface area contributed by atoms with E-state index in [-0.39, 0.29) is 16.9 Å². The molecule has 114 valence electrons. The third-order valence-corrected chi connectivity index (χ3v) is 5.70. The van der Waals surface area contributed by atoms with E-state index in [1.807, 2.05) is 27.7 Å². The Labute approximate surface area is 130 Å².